The van der Waals surface area contributed by atoms with Crippen LogP contribution in [0.3, 0.4) is 0 Å². The molecule has 2 aromatic heterocycles. The van der Waals surface area contributed by atoms with E-state index in [9.17, 15) is 9.59 Å². The first-order valence-corrected chi connectivity index (χ1v) is 9.89. The highest BCUT2D eigenvalue weighted by Crippen LogP contribution is 2.19. The molecule has 0 unspecified atom stereocenters. The molecule has 150 valence electrons. The van der Waals surface area contributed by atoms with Gasteiger partial charge in [-0.15, -0.1) is 10.2 Å². The Morgan fingerprint density at radius 3 is 2.52 bits per heavy atom. The van der Waals surface area contributed by atoms with Gasteiger partial charge in [0.25, 0.3) is 5.91 Å². The predicted molar refractivity (Wildman–Crippen MR) is 109 cm³/mol. The second kappa shape index (κ2) is 9.28. The van der Waals surface area contributed by atoms with Crippen molar-refractivity contribution < 1.29 is 9.59 Å². The third-order valence-electron chi connectivity index (χ3n) is 4.07. The number of hydrogen-bond acceptors (Lipinski definition) is 7. The number of rotatable bonds is 7. The highest BCUT2D eigenvalue weighted by atomic mass is 32.2. The summed E-state index contributed by atoms with van der Waals surface area (Å²) < 4.78 is 1.76. The Bertz CT molecular complexity index is 990. The molecule has 0 aliphatic carbocycles. The Morgan fingerprint density at radius 2 is 1.83 bits per heavy atom. The zero-order valence-corrected chi connectivity index (χ0v) is 17.1. The van der Waals surface area contributed by atoms with Crippen LogP contribution in [0.2, 0.25) is 0 Å². The van der Waals surface area contributed by atoms with Gasteiger partial charge in [0, 0.05) is 25.0 Å². The largest absolute Gasteiger partial charge is 0.342 e. The lowest BCUT2D eigenvalue weighted by Gasteiger charge is -2.13. The number of aromatic nitrogens is 5. The van der Waals surface area contributed by atoms with E-state index >= 15 is 0 Å². The number of carbonyl (C=O) groups excluding carboxylic acids is 2. The van der Waals surface area contributed by atoms with E-state index in [4.69, 9.17) is 0 Å². The quantitative estimate of drug-likeness (QED) is 0.572. The van der Waals surface area contributed by atoms with Crippen molar-refractivity contribution in [2.75, 3.05) is 11.1 Å². The Kier molecular flexibility index (Phi) is 6.55. The average Bonchev–Trinajstić information content (AvgIpc) is 3.08. The smallest absolute Gasteiger partial charge is 0.251 e. The van der Waals surface area contributed by atoms with Crippen molar-refractivity contribution >= 4 is 29.5 Å². The highest BCUT2D eigenvalue weighted by molar-refractivity contribution is 7.99. The molecule has 9 nitrogen and oxygen atoms in total. The van der Waals surface area contributed by atoms with Crippen LogP contribution >= 0.6 is 11.8 Å². The van der Waals surface area contributed by atoms with Gasteiger partial charge >= 0.3 is 0 Å². The van der Waals surface area contributed by atoms with Crippen LogP contribution < -0.4 is 10.6 Å². The van der Waals surface area contributed by atoms with Gasteiger partial charge in [-0.2, -0.15) is 0 Å². The zero-order valence-electron chi connectivity index (χ0n) is 16.3. The van der Waals surface area contributed by atoms with Crippen LogP contribution in [0.15, 0.2) is 47.9 Å². The summed E-state index contributed by atoms with van der Waals surface area (Å²) in [5, 5.41) is 14.4. The molecule has 10 heteroatoms. The standard InChI is InChI=1S/C19H21N7O2S/c1-12-5-7-14(8-6-12)17(28)22-13(2)16-24-25-19(26(16)3)29-11-15(27)23-18-20-9-4-10-21-18/h4-10,13H,11H2,1-3H3,(H,22,28)(H,20,21,23,27)/t13-/m0/s1. The number of carbonyl (C=O) groups is 2. The fourth-order valence-corrected chi connectivity index (χ4v) is 3.25. The number of nitrogens with one attached hydrogen (secondary N) is 2. The predicted octanol–water partition coefficient (Wildman–Crippen LogP) is 2.14. The van der Waals surface area contributed by atoms with Crippen molar-refractivity contribution in [3.05, 3.63) is 59.7 Å². The molecule has 2 heterocycles. The van der Waals surface area contributed by atoms with Gasteiger partial charge in [0.1, 0.15) is 0 Å². The molecule has 0 bridgehead atoms. The Labute approximate surface area is 172 Å². The average molecular weight is 411 g/mol. The first-order chi connectivity index (χ1) is 13.9. The number of amides is 2. The van der Waals surface area contributed by atoms with Crippen LogP contribution in [-0.4, -0.2) is 42.3 Å². The normalized spacial score (nSPS) is 11.7. The minimum atomic E-state index is -0.345. The van der Waals surface area contributed by atoms with E-state index < -0.39 is 0 Å². The lowest BCUT2D eigenvalue weighted by atomic mass is 10.1. The molecule has 1 aromatic carbocycles. The van der Waals surface area contributed by atoms with Crippen LogP contribution in [0.25, 0.3) is 0 Å². The summed E-state index contributed by atoms with van der Waals surface area (Å²) in [4.78, 5) is 32.3. The molecule has 0 fully saturated rings. The van der Waals surface area contributed by atoms with Gasteiger partial charge in [-0.05, 0) is 32.0 Å². The number of benzene rings is 1. The molecule has 2 N–H and O–H groups in total. The maximum Gasteiger partial charge on any atom is 0.251 e. The Hall–Kier alpha value is -3.27. The summed E-state index contributed by atoms with van der Waals surface area (Å²) in [6.45, 7) is 3.81. The van der Waals surface area contributed by atoms with Gasteiger partial charge in [-0.3, -0.25) is 14.9 Å². The third kappa shape index (κ3) is 5.38. The maximum absolute atomic E-state index is 12.4. The van der Waals surface area contributed by atoms with E-state index in [1.165, 1.54) is 11.8 Å². The highest BCUT2D eigenvalue weighted by Gasteiger charge is 2.19. The molecular formula is C19H21N7O2S. The van der Waals surface area contributed by atoms with Gasteiger partial charge in [-0.25, -0.2) is 9.97 Å². The summed E-state index contributed by atoms with van der Waals surface area (Å²) in [6.07, 6.45) is 3.11. The number of nitrogens with zero attached hydrogens (tertiary/aromatic N) is 5. The van der Waals surface area contributed by atoms with E-state index in [-0.39, 0.29) is 29.6 Å². The van der Waals surface area contributed by atoms with Crippen molar-refractivity contribution in [1.82, 2.24) is 30.0 Å². The monoisotopic (exact) mass is 411 g/mol. The molecule has 29 heavy (non-hydrogen) atoms. The van der Waals surface area contributed by atoms with Crippen LogP contribution in [0.1, 0.15) is 34.7 Å². The second-order valence-corrected chi connectivity index (χ2v) is 7.31. The van der Waals surface area contributed by atoms with Crippen LogP contribution in [0, 0.1) is 6.92 Å². The Balaban J connectivity index is 1.57. The van der Waals surface area contributed by atoms with Crippen molar-refractivity contribution in [2.24, 2.45) is 7.05 Å². The van der Waals surface area contributed by atoms with Crippen LogP contribution in [0.4, 0.5) is 5.95 Å². The molecule has 0 saturated carbocycles. The maximum atomic E-state index is 12.4. The van der Waals surface area contributed by atoms with Gasteiger partial charge in [0.2, 0.25) is 11.9 Å². The van der Waals surface area contributed by atoms with Crippen LogP contribution in [0.5, 0.6) is 0 Å². The SMILES string of the molecule is Cc1ccc(C(=O)N[C@@H](C)c2nnc(SCC(=O)Nc3ncccn3)n2C)cc1. The number of aryl methyl sites for hydroxylation is 1. The number of anilines is 1. The minimum Gasteiger partial charge on any atom is -0.342 e. The molecule has 0 spiro atoms. The van der Waals surface area contributed by atoms with Crippen molar-refractivity contribution in [3.63, 3.8) is 0 Å². The molecule has 0 aliphatic heterocycles. The number of hydrogen-bond donors (Lipinski definition) is 2. The van der Waals surface area contributed by atoms with E-state index in [0.717, 1.165) is 5.56 Å². The molecule has 0 aliphatic rings. The van der Waals surface area contributed by atoms with Gasteiger partial charge in [-0.1, -0.05) is 29.5 Å². The minimum absolute atomic E-state index is 0.133. The topological polar surface area (TPSA) is 115 Å². The summed E-state index contributed by atoms with van der Waals surface area (Å²) in [6, 6.07) is 8.67. The van der Waals surface area contributed by atoms with Crippen LogP contribution in [-0.2, 0) is 11.8 Å². The number of thioether (sulfide) groups is 1. The summed E-state index contributed by atoms with van der Waals surface area (Å²) >= 11 is 1.24. The molecule has 2 amide bonds. The first kappa shape index (κ1) is 20.5. The zero-order chi connectivity index (χ0) is 20.8. The van der Waals surface area contributed by atoms with E-state index in [1.807, 2.05) is 26.0 Å². The molecule has 0 saturated heterocycles. The summed E-state index contributed by atoms with van der Waals surface area (Å²) in [7, 11) is 1.80. The van der Waals surface area contributed by atoms with E-state index in [1.54, 1.807) is 42.2 Å². The van der Waals surface area contributed by atoms with Gasteiger partial charge < -0.3 is 9.88 Å². The Morgan fingerprint density at radius 1 is 1.14 bits per heavy atom. The van der Waals surface area contributed by atoms with E-state index in [2.05, 4.69) is 30.8 Å². The first-order valence-electron chi connectivity index (χ1n) is 8.90. The van der Waals surface area contributed by atoms with Crippen molar-refractivity contribution in [1.29, 1.82) is 0 Å². The molecule has 0 radical (unpaired) electrons. The van der Waals surface area contributed by atoms with E-state index in [0.29, 0.717) is 16.5 Å². The van der Waals surface area contributed by atoms with Gasteiger partial charge in [0.15, 0.2) is 11.0 Å². The molecule has 3 aromatic rings. The molecule has 1 atom stereocenters. The molecular weight excluding hydrogens is 390 g/mol. The fourth-order valence-electron chi connectivity index (χ4n) is 2.53. The van der Waals surface area contributed by atoms with Crippen molar-refractivity contribution in [2.45, 2.75) is 25.0 Å². The third-order valence-corrected chi connectivity index (χ3v) is 5.09. The van der Waals surface area contributed by atoms with Gasteiger partial charge in [0.05, 0.1) is 11.8 Å². The second-order valence-electron chi connectivity index (χ2n) is 6.37. The summed E-state index contributed by atoms with van der Waals surface area (Å²) in [5.41, 5.74) is 1.67. The molecule has 3 rings (SSSR count). The summed E-state index contributed by atoms with van der Waals surface area (Å²) in [5.74, 6) is 0.557. The lowest BCUT2D eigenvalue weighted by Crippen LogP contribution is -2.28. The van der Waals surface area contributed by atoms with Crippen molar-refractivity contribution in [3.8, 4) is 0 Å². The fraction of sp³-hybridized carbons (Fsp3) is 0.263. The lowest BCUT2D eigenvalue weighted by molar-refractivity contribution is -0.113.